The lowest BCUT2D eigenvalue weighted by atomic mass is 10.2. The van der Waals surface area contributed by atoms with Crippen molar-refractivity contribution in [3.05, 3.63) is 58.5 Å². The highest BCUT2D eigenvalue weighted by Gasteiger charge is 2.34. The first-order valence-corrected chi connectivity index (χ1v) is 11.1. The zero-order valence-electron chi connectivity index (χ0n) is 18.7. The minimum absolute atomic E-state index is 0.153. The highest BCUT2D eigenvalue weighted by atomic mass is 32.2. The van der Waals surface area contributed by atoms with Crippen molar-refractivity contribution in [2.45, 2.75) is 13.8 Å². The first-order valence-electron chi connectivity index (χ1n) is 10.3. The summed E-state index contributed by atoms with van der Waals surface area (Å²) >= 11 is 0.876. The summed E-state index contributed by atoms with van der Waals surface area (Å²) in [5, 5.41) is -0.345. The number of rotatable bonds is 10. The Labute approximate surface area is 196 Å². The molecule has 0 radical (unpaired) electrons. The third-order valence-electron chi connectivity index (χ3n) is 4.59. The monoisotopic (exact) mass is 471 g/mol. The molecule has 9 heteroatoms. The Kier molecular flexibility index (Phi) is 8.37. The maximum absolute atomic E-state index is 12.8. The van der Waals surface area contributed by atoms with Gasteiger partial charge in [-0.05, 0) is 67.1 Å². The van der Waals surface area contributed by atoms with Crippen molar-refractivity contribution in [2.75, 3.05) is 33.5 Å². The van der Waals surface area contributed by atoms with Crippen LogP contribution in [-0.4, -0.2) is 55.5 Å². The average molecular weight is 472 g/mol. The van der Waals surface area contributed by atoms with Gasteiger partial charge in [-0.3, -0.25) is 14.5 Å². The first kappa shape index (κ1) is 24.2. The van der Waals surface area contributed by atoms with Gasteiger partial charge in [-0.25, -0.2) is 4.79 Å². The minimum atomic E-state index is -0.512. The predicted octanol–water partition coefficient (Wildman–Crippen LogP) is 4.06. The second-order valence-corrected chi connectivity index (χ2v) is 8.00. The van der Waals surface area contributed by atoms with E-state index in [1.807, 2.05) is 38.1 Å². The smallest absolute Gasteiger partial charge is 0.343 e. The van der Waals surface area contributed by atoms with E-state index in [4.69, 9.17) is 14.2 Å². The van der Waals surface area contributed by atoms with Gasteiger partial charge in [-0.1, -0.05) is 18.2 Å². The lowest BCUT2D eigenvalue weighted by molar-refractivity contribution is -0.142. The summed E-state index contributed by atoms with van der Waals surface area (Å²) in [5.74, 6) is 0.598. The number of hydrogen-bond donors (Lipinski definition) is 0. The molecule has 0 atom stereocenters. The van der Waals surface area contributed by atoms with Crippen LogP contribution in [0, 0.1) is 6.92 Å². The highest BCUT2D eigenvalue weighted by molar-refractivity contribution is 8.18. The molecule has 2 aromatic carbocycles. The lowest BCUT2D eigenvalue weighted by Crippen LogP contribution is -2.32. The van der Waals surface area contributed by atoms with Crippen LogP contribution in [0.15, 0.2) is 47.4 Å². The molecular formula is C24H25NO7S. The molecule has 0 aliphatic carbocycles. The summed E-state index contributed by atoms with van der Waals surface area (Å²) in [6, 6.07) is 12.6. The van der Waals surface area contributed by atoms with Gasteiger partial charge < -0.3 is 18.9 Å². The van der Waals surface area contributed by atoms with Crippen LogP contribution >= 0.6 is 11.8 Å². The van der Waals surface area contributed by atoms with Crippen LogP contribution in [0.3, 0.4) is 0 Å². The second-order valence-electron chi connectivity index (χ2n) is 7.00. The Morgan fingerprint density at radius 2 is 1.88 bits per heavy atom. The molecule has 1 saturated heterocycles. The van der Waals surface area contributed by atoms with Gasteiger partial charge >= 0.3 is 5.97 Å². The number of imide groups is 1. The summed E-state index contributed by atoms with van der Waals surface area (Å²) in [5.41, 5.74) is 1.72. The number of carbonyl (C=O) groups is 3. The molecule has 33 heavy (non-hydrogen) atoms. The summed E-state index contributed by atoms with van der Waals surface area (Å²) < 4.78 is 21.3. The number of benzene rings is 2. The van der Waals surface area contributed by atoms with Crippen molar-refractivity contribution in [3.63, 3.8) is 0 Å². The molecule has 0 saturated carbocycles. The van der Waals surface area contributed by atoms with E-state index in [1.165, 1.54) is 12.0 Å². The fourth-order valence-corrected chi connectivity index (χ4v) is 3.87. The van der Waals surface area contributed by atoms with Crippen molar-refractivity contribution in [2.24, 2.45) is 0 Å². The van der Waals surface area contributed by atoms with E-state index in [1.54, 1.807) is 24.3 Å². The van der Waals surface area contributed by atoms with Crippen molar-refractivity contribution < 1.29 is 33.3 Å². The number of hydrogen-bond acceptors (Lipinski definition) is 8. The molecule has 1 heterocycles. The molecule has 174 valence electrons. The normalized spacial score (nSPS) is 14.5. The first-order chi connectivity index (χ1) is 15.9. The van der Waals surface area contributed by atoms with Crippen molar-refractivity contribution in [3.8, 4) is 17.2 Å². The topological polar surface area (TPSA) is 91.4 Å². The van der Waals surface area contributed by atoms with Gasteiger partial charge in [-0.15, -0.1) is 0 Å². The third-order valence-corrected chi connectivity index (χ3v) is 5.49. The molecule has 0 bridgehead atoms. The molecule has 3 rings (SSSR count). The molecule has 8 nitrogen and oxygen atoms in total. The highest BCUT2D eigenvalue weighted by Crippen LogP contribution is 2.34. The Balaban J connectivity index is 1.67. The number of ether oxygens (including phenoxy) is 4. The van der Waals surface area contributed by atoms with Crippen molar-refractivity contribution in [1.82, 2.24) is 4.90 Å². The standard InChI is InChI=1S/C24H25NO7S/c1-4-30-20-13-17(8-9-19(20)32-15-22(26)29-3)14-21-23(27)25(24(28)33-21)10-11-31-18-7-5-6-16(2)12-18/h5-9,12-14H,4,10-11,15H2,1-3H3/b21-14-. The quantitative estimate of drug-likeness (QED) is 0.378. The molecule has 1 aliphatic rings. The van der Waals surface area contributed by atoms with Gasteiger partial charge in [0.1, 0.15) is 12.4 Å². The Morgan fingerprint density at radius 3 is 2.61 bits per heavy atom. The zero-order valence-corrected chi connectivity index (χ0v) is 19.5. The Bertz CT molecular complexity index is 1070. The maximum Gasteiger partial charge on any atom is 0.343 e. The van der Waals surface area contributed by atoms with Crippen LogP contribution in [0.1, 0.15) is 18.1 Å². The molecule has 2 amide bonds. The molecule has 0 aromatic heterocycles. The Morgan fingerprint density at radius 1 is 1.06 bits per heavy atom. The number of esters is 1. The van der Waals surface area contributed by atoms with Crippen LogP contribution in [-0.2, 0) is 14.3 Å². The van der Waals surface area contributed by atoms with Crippen molar-refractivity contribution in [1.29, 1.82) is 0 Å². The fourth-order valence-electron chi connectivity index (χ4n) is 3.00. The SMILES string of the molecule is CCOc1cc(/C=C2\SC(=O)N(CCOc3cccc(C)c3)C2=O)ccc1OCC(=O)OC. The molecule has 2 aromatic rings. The van der Waals surface area contributed by atoms with Gasteiger partial charge in [0.25, 0.3) is 11.1 Å². The summed E-state index contributed by atoms with van der Waals surface area (Å²) in [6.07, 6.45) is 1.62. The summed E-state index contributed by atoms with van der Waals surface area (Å²) in [6.45, 7) is 4.27. The number of nitrogens with zero attached hydrogens (tertiary/aromatic N) is 1. The largest absolute Gasteiger partial charge is 0.492 e. The van der Waals surface area contributed by atoms with E-state index in [0.717, 1.165) is 17.3 Å². The third kappa shape index (κ3) is 6.52. The van der Waals surface area contributed by atoms with Crippen LogP contribution in [0.2, 0.25) is 0 Å². The van der Waals surface area contributed by atoms with E-state index < -0.39 is 5.97 Å². The van der Waals surface area contributed by atoms with Gasteiger partial charge in [-0.2, -0.15) is 0 Å². The summed E-state index contributed by atoms with van der Waals surface area (Å²) in [7, 11) is 1.28. The van der Waals surface area contributed by atoms with Gasteiger partial charge in [0.15, 0.2) is 18.1 Å². The molecule has 1 fully saturated rings. The van der Waals surface area contributed by atoms with Gasteiger partial charge in [0, 0.05) is 0 Å². The van der Waals surface area contributed by atoms with E-state index >= 15 is 0 Å². The molecule has 0 spiro atoms. The van der Waals surface area contributed by atoms with Crippen LogP contribution in [0.5, 0.6) is 17.2 Å². The van der Waals surface area contributed by atoms with E-state index in [-0.39, 0.29) is 30.9 Å². The van der Waals surface area contributed by atoms with Gasteiger partial charge in [0.05, 0.1) is 25.2 Å². The molecule has 0 N–H and O–H groups in total. The maximum atomic E-state index is 12.8. The fraction of sp³-hybridized carbons (Fsp3) is 0.292. The molecule has 0 unspecified atom stereocenters. The van der Waals surface area contributed by atoms with E-state index in [9.17, 15) is 14.4 Å². The molecule has 1 aliphatic heterocycles. The van der Waals surface area contributed by atoms with Crippen LogP contribution in [0.4, 0.5) is 4.79 Å². The van der Waals surface area contributed by atoms with E-state index in [2.05, 4.69) is 4.74 Å². The van der Waals surface area contributed by atoms with Crippen molar-refractivity contribution >= 4 is 35.0 Å². The molecular weight excluding hydrogens is 446 g/mol. The lowest BCUT2D eigenvalue weighted by Gasteiger charge is -2.13. The zero-order chi connectivity index (χ0) is 23.8. The number of amides is 2. The van der Waals surface area contributed by atoms with Crippen LogP contribution < -0.4 is 14.2 Å². The minimum Gasteiger partial charge on any atom is -0.492 e. The van der Waals surface area contributed by atoms with Crippen LogP contribution in [0.25, 0.3) is 6.08 Å². The average Bonchev–Trinajstić information content (AvgIpc) is 3.06. The summed E-state index contributed by atoms with van der Waals surface area (Å²) in [4.78, 5) is 37.9. The Hall–Kier alpha value is -3.46. The van der Waals surface area contributed by atoms with Gasteiger partial charge in [0.2, 0.25) is 0 Å². The number of methoxy groups -OCH3 is 1. The second kappa shape index (κ2) is 11.4. The number of carbonyl (C=O) groups excluding carboxylic acids is 3. The number of aryl methyl sites for hydroxylation is 1. The predicted molar refractivity (Wildman–Crippen MR) is 124 cm³/mol. The van der Waals surface area contributed by atoms with E-state index in [0.29, 0.717) is 34.3 Å². The number of thioether (sulfide) groups is 1.